The molecule has 1 aromatic rings. The Bertz CT molecular complexity index is 562. The van der Waals surface area contributed by atoms with Crippen LogP contribution in [0.5, 0.6) is 0 Å². The van der Waals surface area contributed by atoms with Crippen LogP contribution in [0.1, 0.15) is 17.9 Å². The summed E-state index contributed by atoms with van der Waals surface area (Å²) in [5, 5.41) is 15.2. The smallest absolute Gasteiger partial charge is 0.548 e. The Morgan fingerprint density at radius 2 is 2.11 bits per heavy atom. The first-order chi connectivity index (χ1) is 8.58. The molecule has 1 aliphatic heterocycles. The summed E-state index contributed by atoms with van der Waals surface area (Å²) in [6.07, 6.45) is 4.72. The topological polar surface area (TPSA) is 52.2 Å². The number of fused-ring (bicyclic) bond motifs is 3. The van der Waals surface area contributed by atoms with Crippen molar-refractivity contribution in [1.29, 1.82) is 0 Å². The van der Waals surface area contributed by atoms with Crippen LogP contribution in [-0.2, 0) is 4.79 Å². The van der Waals surface area contributed by atoms with Gasteiger partial charge in [-0.15, -0.1) is 0 Å². The van der Waals surface area contributed by atoms with Crippen LogP contribution in [0.4, 0.5) is 5.69 Å². The van der Waals surface area contributed by atoms with Gasteiger partial charge < -0.3 is 15.2 Å². The molecule has 19 heavy (non-hydrogen) atoms. The summed E-state index contributed by atoms with van der Waals surface area (Å²) in [5.74, 6) is -1.11. The molecule has 0 bridgehead atoms. The molecule has 0 saturated carbocycles. The van der Waals surface area contributed by atoms with Crippen molar-refractivity contribution in [3.8, 4) is 0 Å². The van der Waals surface area contributed by atoms with Gasteiger partial charge in [-0.3, -0.25) is 0 Å². The third kappa shape index (κ3) is 2.55. The van der Waals surface area contributed by atoms with E-state index in [1.54, 1.807) is 12.1 Å². The summed E-state index contributed by atoms with van der Waals surface area (Å²) in [5.41, 5.74) is 1.62. The first-order valence-electron chi connectivity index (χ1n) is 5.71. The van der Waals surface area contributed by atoms with E-state index in [1.165, 1.54) is 0 Å². The number of hydrogen-bond donors (Lipinski definition) is 1. The molecule has 0 aromatic heterocycles. The van der Waals surface area contributed by atoms with Crippen molar-refractivity contribution in [3.63, 3.8) is 0 Å². The summed E-state index contributed by atoms with van der Waals surface area (Å²) < 4.78 is 0. The SMILES string of the molecule is O=C([O-])C1Nc2cc(Cl)cc(Cl)c2C2C=CCC12.[Na+]. The monoisotopic (exact) mass is 305 g/mol. The Balaban J connectivity index is 0.00000133. The molecule has 1 aromatic carbocycles. The van der Waals surface area contributed by atoms with Gasteiger partial charge in [-0.1, -0.05) is 35.4 Å². The van der Waals surface area contributed by atoms with Crippen LogP contribution in [0.2, 0.25) is 10.0 Å². The standard InChI is InChI=1S/C13H11Cl2NO2.Na/c14-6-4-9(15)11-7-2-1-3-8(7)12(13(17)18)16-10(11)5-6;/h1-2,4-5,7-8,12,16H,3H2,(H,17,18);/q;+1/p-1. The molecule has 1 N–H and O–H groups in total. The van der Waals surface area contributed by atoms with Crippen LogP contribution in [0, 0.1) is 5.92 Å². The van der Waals surface area contributed by atoms with Gasteiger partial charge in [0.25, 0.3) is 0 Å². The quantitative estimate of drug-likeness (QED) is 0.546. The Labute approximate surface area is 143 Å². The second-order valence-corrected chi connectivity index (χ2v) is 5.49. The number of halogens is 2. The van der Waals surface area contributed by atoms with Gasteiger partial charge in [0.05, 0.1) is 12.0 Å². The van der Waals surface area contributed by atoms with Crippen molar-refractivity contribution in [2.75, 3.05) is 5.32 Å². The van der Waals surface area contributed by atoms with E-state index in [0.29, 0.717) is 22.2 Å². The van der Waals surface area contributed by atoms with E-state index >= 15 is 0 Å². The van der Waals surface area contributed by atoms with E-state index in [9.17, 15) is 9.90 Å². The number of anilines is 1. The van der Waals surface area contributed by atoms with Crippen molar-refractivity contribution in [2.45, 2.75) is 18.4 Å². The number of carbonyl (C=O) groups excluding carboxylic acids is 1. The maximum Gasteiger partial charge on any atom is 1.00 e. The fourth-order valence-corrected chi connectivity index (χ4v) is 3.50. The predicted molar refractivity (Wildman–Crippen MR) is 68.9 cm³/mol. The molecule has 2 aliphatic rings. The average molecular weight is 306 g/mol. The van der Waals surface area contributed by atoms with Crippen LogP contribution >= 0.6 is 23.2 Å². The fourth-order valence-electron chi connectivity index (χ4n) is 2.88. The predicted octanol–water partition coefficient (Wildman–Crippen LogP) is -0.799. The van der Waals surface area contributed by atoms with Crippen LogP contribution < -0.4 is 40.0 Å². The zero-order valence-electron chi connectivity index (χ0n) is 10.3. The number of aliphatic carboxylic acids is 1. The Morgan fingerprint density at radius 3 is 2.79 bits per heavy atom. The van der Waals surface area contributed by atoms with Gasteiger partial charge in [-0.05, 0) is 24.5 Å². The second-order valence-electron chi connectivity index (χ2n) is 4.64. The molecular weight excluding hydrogens is 296 g/mol. The zero-order valence-corrected chi connectivity index (χ0v) is 13.8. The molecule has 0 amide bonds. The second kappa shape index (κ2) is 5.66. The number of hydrogen-bond acceptors (Lipinski definition) is 3. The van der Waals surface area contributed by atoms with Gasteiger partial charge >= 0.3 is 29.6 Å². The van der Waals surface area contributed by atoms with Gasteiger partial charge in [-0.2, -0.15) is 0 Å². The number of benzene rings is 1. The molecule has 94 valence electrons. The van der Waals surface area contributed by atoms with Crippen LogP contribution in [0.25, 0.3) is 0 Å². The van der Waals surface area contributed by atoms with Crippen molar-refractivity contribution in [1.82, 2.24) is 0 Å². The minimum absolute atomic E-state index is 0. The zero-order chi connectivity index (χ0) is 12.9. The Morgan fingerprint density at radius 1 is 1.37 bits per heavy atom. The molecule has 1 heterocycles. The molecule has 0 spiro atoms. The molecular formula is C13H10Cl2NNaO2. The molecule has 3 atom stereocenters. The van der Waals surface area contributed by atoms with Crippen LogP contribution in [-0.4, -0.2) is 12.0 Å². The van der Waals surface area contributed by atoms with Gasteiger partial charge in [-0.25, -0.2) is 0 Å². The molecule has 3 unspecified atom stereocenters. The Hall–Kier alpha value is -0.190. The first-order valence-corrected chi connectivity index (χ1v) is 6.46. The van der Waals surface area contributed by atoms with Gasteiger partial charge in [0, 0.05) is 27.2 Å². The maximum absolute atomic E-state index is 11.2. The summed E-state index contributed by atoms with van der Waals surface area (Å²) in [6.45, 7) is 0. The van der Waals surface area contributed by atoms with E-state index in [-0.39, 0.29) is 41.4 Å². The van der Waals surface area contributed by atoms with E-state index in [1.807, 2.05) is 12.2 Å². The third-order valence-corrected chi connectivity index (χ3v) is 4.16. The molecule has 1 aliphatic carbocycles. The number of carboxylic acid groups (broad SMARTS) is 1. The maximum atomic E-state index is 11.2. The van der Waals surface area contributed by atoms with E-state index in [4.69, 9.17) is 23.2 Å². The van der Waals surface area contributed by atoms with Gasteiger partial charge in [0.2, 0.25) is 0 Å². The number of carbonyl (C=O) groups is 1. The van der Waals surface area contributed by atoms with Gasteiger partial charge in [0.1, 0.15) is 0 Å². The molecule has 0 fully saturated rings. The molecule has 3 rings (SSSR count). The van der Waals surface area contributed by atoms with Crippen molar-refractivity contribution in [3.05, 3.63) is 39.9 Å². The molecule has 0 radical (unpaired) electrons. The fraction of sp³-hybridized carbons (Fsp3) is 0.308. The molecule has 0 saturated heterocycles. The van der Waals surface area contributed by atoms with E-state index in [0.717, 1.165) is 5.56 Å². The molecule has 3 nitrogen and oxygen atoms in total. The summed E-state index contributed by atoms with van der Waals surface area (Å²) in [7, 11) is 0. The summed E-state index contributed by atoms with van der Waals surface area (Å²) >= 11 is 12.2. The average Bonchev–Trinajstić information content (AvgIpc) is 2.75. The number of allylic oxidation sites excluding steroid dienone is 2. The number of carboxylic acids is 1. The van der Waals surface area contributed by atoms with Crippen molar-refractivity contribution >= 4 is 34.9 Å². The van der Waals surface area contributed by atoms with Gasteiger partial charge in [0.15, 0.2) is 0 Å². The number of rotatable bonds is 1. The van der Waals surface area contributed by atoms with E-state index < -0.39 is 12.0 Å². The van der Waals surface area contributed by atoms with Crippen LogP contribution in [0.3, 0.4) is 0 Å². The minimum Gasteiger partial charge on any atom is -0.548 e. The van der Waals surface area contributed by atoms with E-state index in [2.05, 4.69) is 5.32 Å². The van der Waals surface area contributed by atoms with Crippen molar-refractivity contribution < 1.29 is 39.5 Å². The molecule has 6 heteroatoms. The minimum atomic E-state index is -1.09. The van der Waals surface area contributed by atoms with Crippen LogP contribution in [0.15, 0.2) is 24.3 Å². The first kappa shape index (κ1) is 15.2. The van der Waals surface area contributed by atoms with Crippen molar-refractivity contribution in [2.24, 2.45) is 5.92 Å². The Kier molecular flexibility index (Phi) is 4.53. The third-order valence-electron chi connectivity index (χ3n) is 3.63. The summed E-state index contributed by atoms with van der Waals surface area (Å²) in [6, 6.07) is 2.69. The largest absolute Gasteiger partial charge is 1.00 e. The summed E-state index contributed by atoms with van der Waals surface area (Å²) in [4.78, 5) is 11.2. The number of nitrogens with one attached hydrogen (secondary N) is 1. The normalized spacial score (nSPS) is 26.9.